The molecule has 9 atom stereocenters. The van der Waals surface area contributed by atoms with Crippen molar-refractivity contribution in [3.8, 4) is 0 Å². The van der Waals surface area contributed by atoms with Gasteiger partial charge in [-0.3, -0.25) is 18.9 Å². The molecule has 2 fully saturated rings. The molecule has 2 aliphatic rings. The summed E-state index contributed by atoms with van der Waals surface area (Å²) in [7, 11) is -4.87. The molecule has 10 N–H and O–H groups in total. The number of rotatable bonds is 7. The molecule has 0 saturated carbocycles. The molecule has 2 saturated heterocycles. The Morgan fingerprint density at radius 1 is 1.02 bits per heavy atom. The van der Waals surface area contributed by atoms with Gasteiger partial charge in [0.1, 0.15) is 54.0 Å². The van der Waals surface area contributed by atoms with E-state index in [9.17, 15) is 34.7 Å². The van der Waals surface area contributed by atoms with E-state index in [1.807, 2.05) is 0 Å². The van der Waals surface area contributed by atoms with E-state index in [-0.39, 0.29) is 22.9 Å². The van der Waals surface area contributed by atoms with Crippen molar-refractivity contribution in [2.75, 3.05) is 24.7 Å². The Balaban J connectivity index is 1.25. The average molecular weight is 595 g/mol. The van der Waals surface area contributed by atoms with E-state index in [4.69, 9.17) is 25.5 Å². The first-order valence-corrected chi connectivity index (χ1v) is 13.9. The van der Waals surface area contributed by atoms with Crippen LogP contribution in [-0.2, 0) is 18.6 Å². The summed E-state index contributed by atoms with van der Waals surface area (Å²) in [6.07, 6.45) is -6.07. The van der Waals surface area contributed by atoms with E-state index in [0.717, 1.165) is 10.9 Å². The Hall–Kier alpha value is -3.52. The lowest BCUT2D eigenvalue weighted by molar-refractivity contribution is -0.0494. The number of aliphatic hydroxyl groups is 4. The van der Waals surface area contributed by atoms with Crippen LogP contribution in [0.1, 0.15) is 12.5 Å². The molecule has 1 unspecified atom stereocenters. The summed E-state index contributed by atoms with van der Waals surface area (Å²) in [4.78, 5) is 41.5. The maximum absolute atomic E-state index is 13.6. The van der Waals surface area contributed by atoms with Crippen LogP contribution < -0.4 is 17.0 Å². The van der Waals surface area contributed by atoms with Crippen LogP contribution in [0.3, 0.4) is 0 Å². The second-order valence-electron chi connectivity index (χ2n) is 9.63. The largest absolute Gasteiger partial charge is 0.394 e. The number of imidazole rings is 1. The van der Waals surface area contributed by atoms with Gasteiger partial charge in [0.05, 0.1) is 24.9 Å². The SMILES string of the molecule is Nc1nc2c(ncn2[C@@H]2O[C@H](CO)[C@@H](O)[C@H]2P(=O)(O)OC[C@H]2O[C@@H](n3ccc4c(N)ncnc43)[C@H](O)[C@@H]2O)c(=O)[nH]1. The molecule has 19 nitrogen and oxygen atoms in total. The van der Waals surface area contributed by atoms with Gasteiger partial charge in [-0.15, -0.1) is 0 Å². The number of nitrogens with two attached hydrogens (primary N) is 2. The van der Waals surface area contributed by atoms with Crippen LogP contribution in [0.4, 0.5) is 11.8 Å². The predicted octanol–water partition coefficient (Wildman–Crippen LogP) is -2.83. The molecular formula is C21H26N9O10P. The summed E-state index contributed by atoms with van der Waals surface area (Å²) in [5.41, 5.74) is 9.20. The number of nitrogen functional groups attached to an aromatic ring is 2. The molecule has 6 heterocycles. The Bertz CT molecular complexity index is 1710. The maximum Gasteiger partial charge on any atom is 0.338 e. The number of hydrogen-bond acceptors (Lipinski definition) is 15. The van der Waals surface area contributed by atoms with Gasteiger partial charge in [0.2, 0.25) is 5.95 Å². The van der Waals surface area contributed by atoms with Gasteiger partial charge in [0.25, 0.3) is 5.56 Å². The minimum Gasteiger partial charge on any atom is -0.394 e. The quantitative estimate of drug-likeness (QED) is 0.0999. The molecule has 4 aromatic heterocycles. The lowest BCUT2D eigenvalue weighted by atomic mass is 10.1. The molecule has 0 radical (unpaired) electrons. The van der Waals surface area contributed by atoms with Crippen LogP contribution in [0.25, 0.3) is 22.2 Å². The van der Waals surface area contributed by atoms with Crippen LogP contribution in [0, 0.1) is 0 Å². The fourth-order valence-corrected chi connectivity index (χ4v) is 6.80. The topological polar surface area (TPSA) is 292 Å². The fraction of sp³-hybridized carbons (Fsp3) is 0.476. The second-order valence-corrected chi connectivity index (χ2v) is 11.6. The van der Waals surface area contributed by atoms with E-state index < -0.39 is 75.0 Å². The number of nitrogens with zero attached hydrogens (tertiary/aromatic N) is 6. The lowest BCUT2D eigenvalue weighted by Crippen LogP contribution is -2.36. The van der Waals surface area contributed by atoms with Gasteiger partial charge in [-0.2, -0.15) is 4.98 Å². The summed E-state index contributed by atoms with van der Waals surface area (Å²) in [6, 6.07) is 1.61. The van der Waals surface area contributed by atoms with Gasteiger partial charge < -0.3 is 55.4 Å². The average Bonchev–Trinajstić information content (AvgIpc) is 3.68. The van der Waals surface area contributed by atoms with Crippen molar-refractivity contribution in [2.45, 2.75) is 48.6 Å². The predicted molar refractivity (Wildman–Crippen MR) is 137 cm³/mol. The first-order valence-electron chi connectivity index (χ1n) is 12.2. The molecule has 0 bridgehead atoms. The van der Waals surface area contributed by atoms with E-state index >= 15 is 0 Å². The highest BCUT2D eigenvalue weighted by Crippen LogP contribution is 2.57. The van der Waals surface area contributed by atoms with Crippen molar-refractivity contribution < 1.29 is 43.9 Å². The van der Waals surface area contributed by atoms with Gasteiger partial charge in [0.15, 0.2) is 23.6 Å². The molecule has 2 aliphatic heterocycles. The number of H-pyrrole nitrogens is 1. The normalized spacial score (nSPS) is 31.7. The van der Waals surface area contributed by atoms with E-state index in [0.29, 0.717) is 11.0 Å². The number of hydrogen-bond donors (Lipinski definition) is 8. The van der Waals surface area contributed by atoms with Gasteiger partial charge >= 0.3 is 7.60 Å². The Morgan fingerprint density at radius 3 is 2.54 bits per heavy atom. The van der Waals surface area contributed by atoms with Gasteiger partial charge in [0, 0.05) is 6.20 Å². The number of ether oxygens (including phenoxy) is 2. The van der Waals surface area contributed by atoms with E-state index in [1.54, 1.807) is 6.07 Å². The first kappa shape index (κ1) is 27.6. The number of fused-ring (bicyclic) bond motifs is 2. The third kappa shape index (κ3) is 4.47. The van der Waals surface area contributed by atoms with Gasteiger partial charge in [-0.05, 0) is 6.07 Å². The molecule has 20 heteroatoms. The lowest BCUT2D eigenvalue weighted by Gasteiger charge is -2.27. The van der Waals surface area contributed by atoms with Crippen LogP contribution in [-0.4, -0.2) is 109 Å². The third-order valence-electron chi connectivity index (χ3n) is 7.19. The zero-order valence-corrected chi connectivity index (χ0v) is 21.8. The molecule has 41 heavy (non-hydrogen) atoms. The monoisotopic (exact) mass is 595 g/mol. The van der Waals surface area contributed by atoms with Crippen molar-refractivity contribution in [1.29, 1.82) is 0 Å². The van der Waals surface area contributed by atoms with E-state index in [2.05, 4.69) is 24.9 Å². The summed E-state index contributed by atoms with van der Waals surface area (Å²) in [5, 5.41) is 42.4. The molecule has 0 spiro atoms. The third-order valence-corrected chi connectivity index (χ3v) is 9.03. The highest BCUT2D eigenvalue weighted by Gasteiger charge is 2.55. The fourth-order valence-electron chi connectivity index (χ4n) is 5.15. The summed E-state index contributed by atoms with van der Waals surface area (Å²) < 4.78 is 32.9. The van der Waals surface area contributed by atoms with Crippen LogP contribution in [0.2, 0.25) is 0 Å². The Labute approximate surface area is 228 Å². The highest BCUT2D eigenvalue weighted by molar-refractivity contribution is 7.53. The Morgan fingerprint density at radius 2 is 1.78 bits per heavy atom. The highest BCUT2D eigenvalue weighted by atomic mass is 31.2. The molecular weight excluding hydrogens is 569 g/mol. The minimum absolute atomic E-state index is 0.101. The van der Waals surface area contributed by atoms with Gasteiger partial charge in [-0.1, -0.05) is 0 Å². The number of aliphatic hydroxyl groups excluding tert-OH is 4. The number of nitrogens with one attached hydrogen (secondary N) is 1. The maximum atomic E-state index is 13.6. The van der Waals surface area contributed by atoms with Crippen LogP contribution in [0.5, 0.6) is 0 Å². The standard InChI is InChI=1S/C21H26N9O10P/c22-15-7-1-2-29(16(7)25-5-24-15)19-13(34)11(32)9(40-19)4-38-41(36,37)14-12(33)8(3-31)39-20(14)30-6-26-10-17(30)27-21(23)28-18(10)35/h1-2,5-6,8-9,11-14,19-20,31-34H,3-4H2,(H,36,37)(H2,22,24,25)(H3,23,27,28,35)/t8-,9-,11-,12-,13-,14-,19-,20-/m1/s1. The molecule has 4 aromatic rings. The van der Waals surface area contributed by atoms with Crippen LogP contribution in [0.15, 0.2) is 29.7 Å². The van der Waals surface area contributed by atoms with Crippen molar-refractivity contribution in [1.82, 2.24) is 34.1 Å². The van der Waals surface area contributed by atoms with Crippen molar-refractivity contribution in [3.63, 3.8) is 0 Å². The molecule has 6 rings (SSSR count). The summed E-state index contributed by atoms with van der Waals surface area (Å²) >= 11 is 0. The van der Waals surface area contributed by atoms with Crippen molar-refractivity contribution in [3.05, 3.63) is 35.3 Å². The van der Waals surface area contributed by atoms with E-state index in [1.165, 1.54) is 17.1 Å². The zero-order valence-electron chi connectivity index (χ0n) is 20.9. The van der Waals surface area contributed by atoms with Crippen molar-refractivity contribution in [2.24, 2.45) is 0 Å². The zero-order chi connectivity index (χ0) is 29.2. The number of anilines is 2. The first-order chi connectivity index (χ1) is 19.5. The molecule has 0 aromatic carbocycles. The smallest absolute Gasteiger partial charge is 0.338 e. The minimum atomic E-state index is -4.87. The summed E-state index contributed by atoms with van der Waals surface area (Å²) in [5.74, 6) is -0.0595. The molecule has 0 aliphatic carbocycles. The molecule has 220 valence electrons. The summed E-state index contributed by atoms with van der Waals surface area (Å²) in [6.45, 7) is -1.40. The Kier molecular flexibility index (Phi) is 6.80. The second kappa shape index (κ2) is 10.1. The number of aromatic nitrogens is 7. The van der Waals surface area contributed by atoms with Gasteiger partial charge in [-0.25, -0.2) is 15.0 Å². The number of aromatic amines is 1. The van der Waals surface area contributed by atoms with Crippen LogP contribution >= 0.6 is 7.60 Å². The van der Waals surface area contributed by atoms with Crippen molar-refractivity contribution >= 4 is 41.6 Å². The molecule has 0 amide bonds.